The number of carbonyl (C=O) groups is 2. The van der Waals surface area contributed by atoms with Gasteiger partial charge in [-0.25, -0.2) is 9.18 Å². The molecule has 1 aromatic heterocycles. The summed E-state index contributed by atoms with van der Waals surface area (Å²) in [6, 6.07) is 9.87. The number of furan rings is 1. The molecule has 0 spiro atoms. The molecule has 172 valence electrons. The van der Waals surface area contributed by atoms with Gasteiger partial charge in [-0.3, -0.25) is 4.79 Å². The molecular formula is C22H15ClF4N2O4. The minimum absolute atomic E-state index is 0.206. The highest BCUT2D eigenvalue weighted by molar-refractivity contribution is 6.30. The van der Waals surface area contributed by atoms with Gasteiger partial charge >= 0.3 is 12.2 Å². The van der Waals surface area contributed by atoms with E-state index in [4.69, 9.17) is 16.0 Å². The number of alkyl halides is 3. The highest BCUT2D eigenvalue weighted by Gasteiger charge is 2.66. The van der Waals surface area contributed by atoms with Crippen molar-refractivity contribution >= 4 is 23.4 Å². The predicted octanol–water partition coefficient (Wildman–Crippen LogP) is 4.84. The Balaban J connectivity index is 1.81. The number of nitrogens with one attached hydrogen (secondary N) is 2. The highest BCUT2D eigenvalue weighted by Crippen LogP contribution is 2.44. The minimum Gasteiger partial charge on any atom is -0.459 e. The summed E-state index contributed by atoms with van der Waals surface area (Å²) in [6.07, 6.45) is -5.42. The smallest absolute Gasteiger partial charge is 0.437 e. The molecule has 3 N–H and O–H groups in total. The molecule has 1 aliphatic heterocycles. The van der Waals surface area contributed by atoms with E-state index in [1.807, 2.05) is 0 Å². The van der Waals surface area contributed by atoms with Gasteiger partial charge in [0.05, 0.1) is 0 Å². The number of carbonyl (C=O) groups excluding carboxylic acids is 2. The molecule has 4 rings (SSSR count). The first-order valence-electron chi connectivity index (χ1n) is 9.53. The van der Waals surface area contributed by atoms with Crippen LogP contribution in [0.4, 0.5) is 22.4 Å². The van der Waals surface area contributed by atoms with Crippen LogP contribution in [-0.4, -0.2) is 28.8 Å². The van der Waals surface area contributed by atoms with Gasteiger partial charge in [-0.2, -0.15) is 13.2 Å². The van der Waals surface area contributed by atoms with Crippen LogP contribution in [0, 0.1) is 11.7 Å². The molecule has 11 heteroatoms. The van der Waals surface area contributed by atoms with Gasteiger partial charge in [0, 0.05) is 16.1 Å². The molecule has 0 radical (unpaired) electrons. The van der Waals surface area contributed by atoms with E-state index in [-0.39, 0.29) is 17.1 Å². The summed E-state index contributed by atoms with van der Waals surface area (Å²) < 4.78 is 60.8. The Morgan fingerprint density at radius 2 is 1.79 bits per heavy atom. The van der Waals surface area contributed by atoms with E-state index in [1.165, 1.54) is 17.4 Å². The second kappa shape index (κ2) is 8.20. The van der Waals surface area contributed by atoms with Crippen molar-refractivity contribution in [2.45, 2.75) is 17.9 Å². The summed E-state index contributed by atoms with van der Waals surface area (Å²) in [4.78, 5) is 25.2. The fourth-order valence-electron chi connectivity index (χ4n) is 3.69. The zero-order chi connectivity index (χ0) is 24.0. The van der Waals surface area contributed by atoms with E-state index in [0.29, 0.717) is 10.6 Å². The van der Waals surface area contributed by atoms with E-state index in [1.54, 1.807) is 24.3 Å². The van der Waals surface area contributed by atoms with Crippen LogP contribution < -0.4 is 10.6 Å². The van der Waals surface area contributed by atoms with Crippen molar-refractivity contribution in [1.82, 2.24) is 10.6 Å². The molecule has 0 aliphatic carbocycles. The molecule has 0 unspecified atom stereocenters. The summed E-state index contributed by atoms with van der Waals surface area (Å²) in [5.74, 6) is -4.18. The van der Waals surface area contributed by atoms with Crippen molar-refractivity contribution in [3.05, 3.63) is 82.8 Å². The number of benzene rings is 2. The normalized spacial score (nSPS) is 23.0. The lowest BCUT2D eigenvalue weighted by atomic mass is 9.79. The number of urea groups is 1. The Kier molecular flexibility index (Phi) is 5.67. The Morgan fingerprint density at radius 1 is 1.09 bits per heavy atom. The molecule has 0 bridgehead atoms. The number of rotatable bonds is 4. The predicted molar refractivity (Wildman–Crippen MR) is 109 cm³/mol. The highest BCUT2D eigenvalue weighted by atomic mass is 35.5. The molecule has 6 nitrogen and oxygen atoms in total. The number of hydrogen-bond acceptors (Lipinski definition) is 4. The first-order chi connectivity index (χ1) is 15.5. The van der Waals surface area contributed by atoms with E-state index < -0.39 is 41.5 Å². The fraction of sp³-hybridized carbons (Fsp3) is 0.182. The summed E-state index contributed by atoms with van der Waals surface area (Å²) in [6.45, 7) is 0. The van der Waals surface area contributed by atoms with Crippen LogP contribution in [0.5, 0.6) is 0 Å². The van der Waals surface area contributed by atoms with Crippen molar-refractivity contribution in [3.8, 4) is 11.3 Å². The molecule has 0 saturated carbocycles. The Hall–Kier alpha value is -3.37. The molecule has 2 aromatic carbocycles. The lowest BCUT2D eigenvalue weighted by Gasteiger charge is -2.44. The van der Waals surface area contributed by atoms with Crippen LogP contribution in [0.1, 0.15) is 22.2 Å². The Bertz CT molecular complexity index is 1210. The summed E-state index contributed by atoms with van der Waals surface area (Å²) in [5.41, 5.74) is -3.72. The van der Waals surface area contributed by atoms with E-state index in [0.717, 1.165) is 24.3 Å². The second-order valence-electron chi connectivity index (χ2n) is 7.40. The molecule has 1 fully saturated rings. The number of aliphatic hydroxyl groups is 1. The lowest BCUT2D eigenvalue weighted by Crippen LogP contribution is -2.72. The third-order valence-corrected chi connectivity index (χ3v) is 5.50. The molecular weight excluding hydrogens is 468 g/mol. The van der Waals surface area contributed by atoms with Crippen LogP contribution >= 0.6 is 11.6 Å². The van der Waals surface area contributed by atoms with Crippen LogP contribution in [0.2, 0.25) is 5.02 Å². The van der Waals surface area contributed by atoms with Crippen LogP contribution in [-0.2, 0) is 0 Å². The van der Waals surface area contributed by atoms with Crippen molar-refractivity contribution in [2.24, 2.45) is 5.92 Å². The van der Waals surface area contributed by atoms with Gasteiger partial charge < -0.3 is 20.2 Å². The first-order valence-corrected chi connectivity index (χ1v) is 9.90. The topological polar surface area (TPSA) is 91.6 Å². The largest absolute Gasteiger partial charge is 0.459 e. The molecule has 33 heavy (non-hydrogen) atoms. The van der Waals surface area contributed by atoms with Gasteiger partial charge in [0.1, 0.15) is 29.3 Å². The van der Waals surface area contributed by atoms with Gasteiger partial charge in [0.25, 0.3) is 0 Å². The number of Topliss-reactive ketones (excluding diaryl/α,β-unsaturated/α-hetero) is 1. The number of halogens is 5. The molecule has 3 atom stereocenters. The fourth-order valence-corrected chi connectivity index (χ4v) is 3.88. The Labute approximate surface area is 189 Å². The van der Waals surface area contributed by atoms with E-state index in [2.05, 4.69) is 5.32 Å². The number of ketones is 1. The summed E-state index contributed by atoms with van der Waals surface area (Å²) in [5, 5.41) is 14.6. The molecule has 1 aliphatic rings. The maximum Gasteiger partial charge on any atom is 0.437 e. The summed E-state index contributed by atoms with van der Waals surface area (Å²) >= 11 is 5.96. The summed E-state index contributed by atoms with van der Waals surface area (Å²) in [7, 11) is 0. The maximum atomic E-state index is 13.9. The molecule has 3 aromatic rings. The van der Waals surface area contributed by atoms with Gasteiger partial charge in [0.15, 0.2) is 5.78 Å². The first kappa shape index (κ1) is 22.8. The third kappa shape index (κ3) is 4.19. The number of hydrogen-bond donors (Lipinski definition) is 3. The van der Waals surface area contributed by atoms with Crippen LogP contribution in [0.3, 0.4) is 0 Å². The van der Waals surface area contributed by atoms with Crippen LogP contribution in [0.25, 0.3) is 11.3 Å². The van der Waals surface area contributed by atoms with Gasteiger partial charge in [0.2, 0.25) is 5.72 Å². The standard InChI is InChI=1S/C22H15ClF4N2O4/c23-13-3-1-2-12(10-13)15-8-9-16(33-15)18-17(19(30)11-4-6-14(24)7-5-11)21(32,22(25,26)27)29-20(31)28-18/h1-10,17-18,32H,(H2,28,29,31)/t17-,18-,21+/m0/s1. The maximum absolute atomic E-state index is 13.9. The zero-order valence-corrected chi connectivity index (χ0v) is 17.2. The molecule has 2 amide bonds. The Morgan fingerprint density at radius 3 is 2.42 bits per heavy atom. The minimum atomic E-state index is -5.42. The quantitative estimate of drug-likeness (QED) is 0.366. The monoisotopic (exact) mass is 482 g/mol. The average molecular weight is 483 g/mol. The van der Waals surface area contributed by atoms with E-state index >= 15 is 0 Å². The number of amides is 2. The van der Waals surface area contributed by atoms with Crippen molar-refractivity contribution in [2.75, 3.05) is 0 Å². The molecule has 2 heterocycles. The third-order valence-electron chi connectivity index (χ3n) is 5.26. The van der Waals surface area contributed by atoms with Crippen molar-refractivity contribution in [1.29, 1.82) is 0 Å². The van der Waals surface area contributed by atoms with Gasteiger partial charge in [-0.15, -0.1) is 0 Å². The lowest BCUT2D eigenvalue weighted by molar-refractivity contribution is -0.288. The van der Waals surface area contributed by atoms with Gasteiger partial charge in [-0.05, 0) is 48.5 Å². The van der Waals surface area contributed by atoms with E-state index in [9.17, 15) is 32.3 Å². The molecule has 1 saturated heterocycles. The zero-order valence-electron chi connectivity index (χ0n) is 16.5. The van der Waals surface area contributed by atoms with Crippen LogP contribution in [0.15, 0.2) is 65.1 Å². The van der Waals surface area contributed by atoms with Crippen molar-refractivity contribution in [3.63, 3.8) is 0 Å². The van der Waals surface area contributed by atoms with Gasteiger partial charge in [-0.1, -0.05) is 23.7 Å². The SMILES string of the molecule is O=C1N[C@@H](c2ccc(-c3cccc(Cl)c3)o2)[C@@H](C(=O)c2ccc(F)cc2)[C@@](O)(C(F)(F)F)N1. The van der Waals surface area contributed by atoms with Crippen molar-refractivity contribution < 1.29 is 36.7 Å². The average Bonchev–Trinajstić information content (AvgIpc) is 3.23. The second-order valence-corrected chi connectivity index (χ2v) is 7.84.